The first-order valence-electron chi connectivity index (χ1n) is 12.7. The van der Waals surface area contributed by atoms with Gasteiger partial charge < -0.3 is 0 Å². The molecule has 0 aliphatic carbocycles. The molecule has 0 N–H and O–H groups in total. The molecular weight excluding hydrogens is 591 g/mol. The standard InChI is InChI=1S/C32H34O8Se/c1-19-9-11-29(23(13-19)21-15-25(35-3)31(39-7)26(16-21)36-4)41(33,34)30-12-10-20(2)14-24(30)22-17-27(37-5)32(40-8)28(18-22)38-6/h9-18H,1-8H3. The third-order valence-electron chi connectivity index (χ3n) is 6.80. The second-order valence-electron chi connectivity index (χ2n) is 9.33. The number of rotatable bonds is 10. The van der Waals surface area contributed by atoms with Crippen molar-refractivity contribution in [3.63, 3.8) is 0 Å². The van der Waals surface area contributed by atoms with E-state index >= 15 is 0 Å². The average molecular weight is 626 g/mol. The van der Waals surface area contributed by atoms with Gasteiger partial charge in [-0.25, -0.2) is 0 Å². The van der Waals surface area contributed by atoms with Crippen LogP contribution in [0.25, 0.3) is 22.3 Å². The molecule has 0 aliphatic heterocycles. The van der Waals surface area contributed by atoms with Gasteiger partial charge in [-0.1, -0.05) is 0 Å². The van der Waals surface area contributed by atoms with E-state index in [0.29, 0.717) is 56.8 Å². The fourth-order valence-corrected chi connectivity index (χ4v) is 8.29. The molecule has 0 saturated heterocycles. The Morgan fingerprint density at radius 1 is 0.463 bits per heavy atom. The van der Waals surface area contributed by atoms with Crippen molar-refractivity contribution in [2.45, 2.75) is 13.8 Å². The quantitative estimate of drug-likeness (QED) is 0.225. The predicted octanol–water partition coefficient (Wildman–Crippen LogP) is 5.11. The zero-order valence-corrected chi connectivity index (χ0v) is 26.2. The predicted molar refractivity (Wildman–Crippen MR) is 159 cm³/mol. The maximum atomic E-state index is 14.6. The van der Waals surface area contributed by atoms with Crippen LogP contribution >= 0.6 is 0 Å². The van der Waals surface area contributed by atoms with Crippen molar-refractivity contribution >= 4 is 21.6 Å². The minimum atomic E-state index is -5.08. The van der Waals surface area contributed by atoms with Crippen molar-refractivity contribution in [3.05, 3.63) is 71.8 Å². The fourth-order valence-electron chi connectivity index (χ4n) is 4.80. The van der Waals surface area contributed by atoms with Gasteiger partial charge in [0, 0.05) is 0 Å². The van der Waals surface area contributed by atoms with Crippen LogP contribution in [0.2, 0.25) is 0 Å². The number of aryl methyl sites for hydroxylation is 2. The first kappa shape index (κ1) is 29.8. The molecule has 216 valence electrons. The van der Waals surface area contributed by atoms with Crippen LogP contribution in [-0.2, 0) is 7.67 Å². The number of hydrogen-bond donors (Lipinski definition) is 0. The van der Waals surface area contributed by atoms with E-state index < -0.39 is 12.7 Å². The van der Waals surface area contributed by atoms with Gasteiger partial charge in [0.1, 0.15) is 0 Å². The molecule has 0 atom stereocenters. The van der Waals surface area contributed by atoms with Crippen molar-refractivity contribution in [3.8, 4) is 56.8 Å². The molecule has 8 nitrogen and oxygen atoms in total. The molecule has 0 amide bonds. The molecule has 9 heteroatoms. The number of ether oxygens (including phenoxy) is 6. The zero-order valence-electron chi connectivity index (χ0n) is 24.4. The van der Waals surface area contributed by atoms with Crippen molar-refractivity contribution in [2.75, 3.05) is 42.7 Å². The number of hydrogen-bond acceptors (Lipinski definition) is 8. The first-order valence-corrected chi connectivity index (χ1v) is 15.8. The van der Waals surface area contributed by atoms with E-state index in [1.165, 1.54) is 42.7 Å². The van der Waals surface area contributed by atoms with Crippen LogP contribution < -0.4 is 37.3 Å². The van der Waals surface area contributed by atoms with Crippen molar-refractivity contribution < 1.29 is 36.1 Å². The summed E-state index contributed by atoms with van der Waals surface area (Å²) in [4.78, 5) is 0. The second kappa shape index (κ2) is 12.1. The van der Waals surface area contributed by atoms with E-state index in [1.807, 2.05) is 26.0 Å². The number of methoxy groups -OCH3 is 6. The Labute approximate surface area is 242 Å². The second-order valence-corrected chi connectivity index (χ2v) is 13.3. The molecule has 0 unspecified atom stereocenters. The summed E-state index contributed by atoms with van der Waals surface area (Å²) in [7, 11) is 9.14. The molecule has 4 rings (SSSR count). The van der Waals surface area contributed by atoms with E-state index in [-0.39, 0.29) is 8.92 Å². The molecule has 0 fully saturated rings. The van der Waals surface area contributed by atoms with E-state index in [2.05, 4.69) is 0 Å². The van der Waals surface area contributed by atoms with Crippen molar-refractivity contribution in [1.82, 2.24) is 0 Å². The SMILES string of the molecule is COc1cc(-c2cc(C)ccc2[Se](=O)(=O)c2ccc(C)cc2-c2cc(OC)c(OC)c(OC)c2)cc(OC)c1OC. The molecule has 0 radical (unpaired) electrons. The molecule has 0 bridgehead atoms. The van der Waals surface area contributed by atoms with Crippen LogP contribution in [0.4, 0.5) is 0 Å². The van der Waals surface area contributed by atoms with Crippen LogP contribution in [0, 0.1) is 13.8 Å². The first-order chi connectivity index (χ1) is 19.6. The molecule has 41 heavy (non-hydrogen) atoms. The van der Waals surface area contributed by atoms with Gasteiger partial charge in [0.25, 0.3) is 0 Å². The summed E-state index contributed by atoms with van der Waals surface area (Å²) >= 11 is -5.08. The van der Waals surface area contributed by atoms with E-state index in [0.717, 1.165) is 11.1 Å². The Morgan fingerprint density at radius 2 is 0.780 bits per heavy atom. The van der Waals surface area contributed by atoms with Gasteiger partial charge in [0.2, 0.25) is 0 Å². The van der Waals surface area contributed by atoms with Gasteiger partial charge in [0.05, 0.1) is 0 Å². The third-order valence-corrected chi connectivity index (χ3v) is 10.7. The Morgan fingerprint density at radius 3 is 1.05 bits per heavy atom. The zero-order chi connectivity index (χ0) is 29.9. The summed E-state index contributed by atoms with van der Waals surface area (Å²) in [5, 5.41) is 0. The molecule has 0 heterocycles. The summed E-state index contributed by atoms with van der Waals surface area (Å²) in [5.41, 5.74) is 4.11. The topological polar surface area (TPSA) is 89.5 Å². The van der Waals surface area contributed by atoms with E-state index in [4.69, 9.17) is 28.4 Å². The van der Waals surface area contributed by atoms with E-state index in [1.54, 1.807) is 48.5 Å². The Kier molecular flexibility index (Phi) is 8.80. The third kappa shape index (κ3) is 5.56. The summed E-state index contributed by atoms with van der Waals surface area (Å²) in [6.45, 7) is 3.83. The van der Waals surface area contributed by atoms with Gasteiger partial charge in [-0.2, -0.15) is 0 Å². The summed E-state index contributed by atoms with van der Waals surface area (Å²) in [5.74, 6) is 2.54. The maximum absolute atomic E-state index is 14.6. The van der Waals surface area contributed by atoms with Crippen LogP contribution in [0.15, 0.2) is 60.7 Å². The van der Waals surface area contributed by atoms with Crippen LogP contribution in [0.5, 0.6) is 34.5 Å². The fraction of sp³-hybridized carbons (Fsp3) is 0.250. The van der Waals surface area contributed by atoms with Crippen LogP contribution in [-0.4, -0.2) is 55.4 Å². The summed E-state index contributed by atoms with van der Waals surface area (Å²) in [6, 6.07) is 17.6. The monoisotopic (exact) mass is 626 g/mol. The van der Waals surface area contributed by atoms with E-state index in [9.17, 15) is 7.67 Å². The van der Waals surface area contributed by atoms with Gasteiger partial charge in [0.15, 0.2) is 0 Å². The molecule has 0 spiro atoms. The van der Waals surface area contributed by atoms with Crippen molar-refractivity contribution in [1.29, 1.82) is 0 Å². The molecular formula is C32H34O8Se. The molecule has 0 saturated carbocycles. The van der Waals surface area contributed by atoms with Gasteiger partial charge in [-0.15, -0.1) is 0 Å². The average Bonchev–Trinajstić information content (AvgIpc) is 2.98. The Balaban J connectivity index is 2.00. The molecule has 0 aromatic heterocycles. The number of benzene rings is 4. The molecule has 4 aromatic rings. The Hall–Kier alpha value is -4.20. The van der Waals surface area contributed by atoms with Crippen molar-refractivity contribution in [2.24, 2.45) is 0 Å². The Bertz CT molecular complexity index is 1520. The van der Waals surface area contributed by atoms with Crippen LogP contribution in [0.3, 0.4) is 0 Å². The van der Waals surface area contributed by atoms with Gasteiger partial charge in [-0.3, -0.25) is 0 Å². The van der Waals surface area contributed by atoms with Gasteiger partial charge in [-0.05, 0) is 0 Å². The normalized spacial score (nSPS) is 11.1. The summed E-state index contributed by atoms with van der Waals surface area (Å²) in [6.07, 6.45) is 0. The van der Waals surface area contributed by atoms with Crippen LogP contribution in [0.1, 0.15) is 11.1 Å². The summed E-state index contributed by atoms with van der Waals surface area (Å²) < 4.78 is 62.8. The van der Waals surface area contributed by atoms with Gasteiger partial charge >= 0.3 is 243 Å². The molecule has 0 aliphatic rings. The minimum absolute atomic E-state index is 0.207. The molecule has 4 aromatic carbocycles.